The highest BCUT2D eigenvalue weighted by Crippen LogP contribution is 2.35. The van der Waals surface area contributed by atoms with E-state index in [9.17, 15) is 14.4 Å². The zero-order chi connectivity index (χ0) is 20.8. The first-order valence-electron chi connectivity index (χ1n) is 9.90. The Morgan fingerprint density at radius 2 is 2.04 bits per heavy atom. The molecule has 0 aromatic rings. The first-order chi connectivity index (χ1) is 13.3. The van der Waals surface area contributed by atoms with Crippen molar-refractivity contribution in [3.63, 3.8) is 0 Å². The molecule has 0 spiro atoms. The molecule has 0 aromatic carbocycles. The summed E-state index contributed by atoms with van der Waals surface area (Å²) in [6.45, 7) is 6.58. The number of carbonyl (C=O) groups is 3. The number of carbonyl (C=O) groups excluding carboxylic acids is 3. The molecule has 9 heteroatoms. The van der Waals surface area contributed by atoms with Crippen molar-refractivity contribution >= 4 is 29.5 Å². The molecule has 28 heavy (non-hydrogen) atoms. The Morgan fingerprint density at radius 3 is 2.61 bits per heavy atom. The molecule has 2 aliphatic heterocycles. The molecule has 3 atom stereocenters. The number of amides is 3. The van der Waals surface area contributed by atoms with Crippen LogP contribution in [0.15, 0.2) is 10.6 Å². The van der Waals surface area contributed by atoms with Crippen LogP contribution in [0, 0.1) is 5.92 Å². The summed E-state index contributed by atoms with van der Waals surface area (Å²) in [6, 6.07) is -0.510. The molecule has 0 saturated carbocycles. The summed E-state index contributed by atoms with van der Waals surface area (Å²) in [5, 5.41) is 11.9. The van der Waals surface area contributed by atoms with Crippen LogP contribution in [0.2, 0.25) is 0 Å². The van der Waals surface area contributed by atoms with Gasteiger partial charge in [0.1, 0.15) is 6.04 Å². The Hall–Kier alpha value is -1.74. The van der Waals surface area contributed by atoms with Crippen LogP contribution in [0.1, 0.15) is 59.3 Å². The topological polar surface area (TPSA) is 102 Å². The van der Waals surface area contributed by atoms with Crippen LogP contribution in [0.5, 0.6) is 0 Å². The van der Waals surface area contributed by atoms with Crippen LogP contribution in [0.3, 0.4) is 0 Å². The van der Waals surface area contributed by atoms with Gasteiger partial charge in [-0.2, -0.15) is 0 Å². The van der Waals surface area contributed by atoms with Gasteiger partial charge < -0.3 is 15.1 Å². The Kier molecular flexibility index (Phi) is 8.18. The van der Waals surface area contributed by atoms with Crippen LogP contribution in [0.4, 0.5) is 0 Å². The van der Waals surface area contributed by atoms with E-state index in [0.29, 0.717) is 19.4 Å². The molecule has 2 rings (SSSR count). The Bertz CT molecular complexity index is 639. The third-order valence-corrected chi connectivity index (χ3v) is 6.90. The van der Waals surface area contributed by atoms with Crippen molar-refractivity contribution in [1.82, 2.24) is 20.6 Å². The van der Waals surface area contributed by atoms with E-state index < -0.39 is 17.9 Å². The summed E-state index contributed by atoms with van der Waals surface area (Å²) in [5.74, 6) is -1.42. The van der Waals surface area contributed by atoms with Gasteiger partial charge in [-0.3, -0.25) is 19.6 Å². The summed E-state index contributed by atoms with van der Waals surface area (Å²) in [4.78, 5) is 42.4. The molecule has 3 amide bonds. The number of likely N-dealkylation sites (tertiary alicyclic amines) is 1. The van der Waals surface area contributed by atoms with E-state index in [2.05, 4.69) is 5.32 Å². The number of nitrogens with one attached hydrogen (secondary N) is 2. The molecule has 3 N–H and O–H groups in total. The number of thioether (sulfide) groups is 1. The predicted molar refractivity (Wildman–Crippen MR) is 108 cm³/mol. The van der Waals surface area contributed by atoms with Crippen LogP contribution in [0.25, 0.3) is 0 Å². The lowest BCUT2D eigenvalue weighted by Crippen LogP contribution is -2.52. The quantitative estimate of drug-likeness (QED) is 0.416. The van der Waals surface area contributed by atoms with Gasteiger partial charge in [-0.05, 0) is 33.1 Å². The first-order valence-corrected chi connectivity index (χ1v) is 10.8. The minimum Gasteiger partial charge on any atom is -0.349 e. The van der Waals surface area contributed by atoms with E-state index in [0.717, 1.165) is 25.0 Å². The smallest absolute Gasteiger partial charge is 0.245 e. The van der Waals surface area contributed by atoms with Crippen molar-refractivity contribution in [3.8, 4) is 0 Å². The zero-order valence-corrected chi connectivity index (χ0v) is 18.0. The fourth-order valence-electron chi connectivity index (χ4n) is 3.67. The molecule has 1 fully saturated rings. The number of nitrogens with zero attached hydrogens (tertiary/aromatic N) is 2. The number of hydroxylamine groups is 1. The third kappa shape index (κ3) is 5.20. The molecule has 2 aliphatic rings. The van der Waals surface area contributed by atoms with Gasteiger partial charge in [-0.25, -0.2) is 5.48 Å². The zero-order valence-electron chi connectivity index (χ0n) is 17.2. The van der Waals surface area contributed by atoms with Crippen molar-refractivity contribution in [2.75, 3.05) is 13.6 Å². The van der Waals surface area contributed by atoms with Gasteiger partial charge in [0, 0.05) is 36.5 Å². The van der Waals surface area contributed by atoms with Crippen molar-refractivity contribution < 1.29 is 19.6 Å². The SMILES string of the molecule is CCCC[C@H](CC(=O)NO)C(=O)N1CCC[C@H]1C(=O)NC1SC(C)=C(C)N1C. The van der Waals surface area contributed by atoms with E-state index in [-0.39, 0.29) is 23.7 Å². The van der Waals surface area contributed by atoms with Gasteiger partial charge in [0.25, 0.3) is 0 Å². The second-order valence-electron chi connectivity index (χ2n) is 7.50. The van der Waals surface area contributed by atoms with Crippen LogP contribution < -0.4 is 10.8 Å². The maximum atomic E-state index is 13.1. The van der Waals surface area contributed by atoms with Gasteiger partial charge in [0.15, 0.2) is 5.50 Å². The van der Waals surface area contributed by atoms with Gasteiger partial charge in [-0.15, -0.1) is 0 Å². The highest BCUT2D eigenvalue weighted by molar-refractivity contribution is 8.03. The van der Waals surface area contributed by atoms with Crippen LogP contribution >= 0.6 is 11.8 Å². The molecule has 158 valence electrons. The van der Waals surface area contributed by atoms with E-state index in [4.69, 9.17) is 5.21 Å². The summed E-state index contributed by atoms with van der Waals surface area (Å²) in [6.07, 6.45) is 3.61. The van der Waals surface area contributed by atoms with Gasteiger partial charge in [0.05, 0.1) is 0 Å². The van der Waals surface area contributed by atoms with E-state index in [1.165, 1.54) is 4.91 Å². The maximum Gasteiger partial charge on any atom is 0.245 e. The Labute approximate surface area is 171 Å². The molecule has 1 unspecified atom stereocenters. The van der Waals surface area contributed by atoms with Crippen molar-refractivity contribution in [2.24, 2.45) is 5.92 Å². The average molecular weight is 413 g/mol. The molecule has 8 nitrogen and oxygen atoms in total. The lowest BCUT2D eigenvalue weighted by Gasteiger charge is -2.30. The summed E-state index contributed by atoms with van der Waals surface area (Å²) in [5.41, 5.74) is 2.57. The summed E-state index contributed by atoms with van der Waals surface area (Å²) in [7, 11) is 1.94. The van der Waals surface area contributed by atoms with E-state index >= 15 is 0 Å². The lowest BCUT2D eigenvalue weighted by molar-refractivity contribution is -0.144. The fraction of sp³-hybridized carbons (Fsp3) is 0.737. The second kappa shape index (κ2) is 10.2. The standard InChI is InChI=1S/C19H32N4O4S/c1-5-6-8-14(11-16(24)21-27)18(26)23-10-7-9-15(23)17(25)20-19-22(4)12(2)13(3)28-19/h14-15,19,27H,5-11H2,1-4H3,(H,20,25)(H,21,24)/t14-,15+,19?/m1/s1. The largest absolute Gasteiger partial charge is 0.349 e. The molecule has 1 saturated heterocycles. The third-order valence-electron chi connectivity index (χ3n) is 5.59. The number of unbranched alkanes of at least 4 members (excludes halogenated alkanes) is 1. The summed E-state index contributed by atoms with van der Waals surface area (Å²) < 4.78 is 0. The minimum atomic E-state index is -0.573. The number of hydrogen-bond donors (Lipinski definition) is 3. The number of rotatable bonds is 8. The molecule has 2 heterocycles. The van der Waals surface area contributed by atoms with E-state index in [1.807, 2.05) is 32.7 Å². The molecular weight excluding hydrogens is 380 g/mol. The normalized spacial score (nSPS) is 23.2. The molecule has 0 aliphatic carbocycles. The molecule has 0 bridgehead atoms. The Balaban J connectivity index is 2.04. The second-order valence-corrected chi connectivity index (χ2v) is 8.79. The van der Waals surface area contributed by atoms with Gasteiger partial charge in [-0.1, -0.05) is 31.5 Å². The number of allylic oxidation sites excluding steroid dienone is 2. The Morgan fingerprint density at radius 1 is 1.32 bits per heavy atom. The van der Waals surface area contributed by atoms with Gasteiger partial charge in [0.2, 0.25) is 17.7 Å². The minimum absolute atomic E-state index is 0.0658. The van der Waals surface area contributed by atoms with Crippen molar-refractivity contribution in [2.45, 2.75) is 70.8 Å². The van der Waals surface area contributed by atoms with Gasteiger partial charge >= 0.3 is 0 Å². The summed E-state index contributed by atoms with van der Waals surface area (Å²) >= 11 is 1.60. The molecule has 0 aromatic heterocycles. The monoisotopic (exact) mass is 412 g/mol. The first kappa shape index (κ1) is 22.5. The maximum absolute atomic E-state index is 13.1. The lowest BCUT2D eigenvalue weighted by atomic mass is 9.96. The van der Waals surface area contributed by atoms with Crippen LogP contribution in [-0.2, 0) is 14.4 Å². The predicted octanol–water partition coefficient (Wildman–Crippen LogP) is 2.01. The molecular formula is C19H32N4O4S. The van der Waals surface area contributed by atoms with Crippen LogP contribution in [-0.4, -0.2) is 57.9 Å². The highest BCUT2D eigenvalue weighted by Gasteiger charge is 2.39. The average Bonchev–Trinajstić information content (AvgIpc) is 3.26. The molecule has 0 radical (unpaired) electrons. The van der Waals surface area contributed by atoms with E-state index in [1.54, 1.807) is 22.1 Å². The highest BCUT2D eigenvalue weighted by atomic mass is 32.2. The van der Waals surface area contributed by atoms with Crippen molar-refractivity contribution in [1.29, 1.82) is 0 Å². The fourth-order valence-corrected chi connectivity index (χ4v) is 4.81. The number of hydrogen-bond acceptors (Lipinski definition) is 6. The van der Waals surface area contributed by atoms with Crippen molar-refractivity contribution in [3.05, 3.63) is 10.6 Å².